The Morgan fingerprint density at radius 1 is 0.129 bits per heavy atom. The monoisotopic (exact) mass is 1580 g/mol. The van der Waals surface area contributed by atoms with Gasteiger partial charge in [-0.2, -0.15) is 0 Å². The molecule has 26 aromatic rings. The van der Waals surface area contributed by atoms with Crippen LogP contribution in [0.2, 0.25) is 0 Å². The Balaban J connectivity index is 0.617. The van der Waals surface area contributed by atoms with Crippen molar-refractivity contribution in [3.63, 3.8) is 0 Å². The zero-order chi connectivity index (χ0) is 81.2. The molecule has 26 rings (SSSR count). The maximum atomic E-state index is 5.71. The molecule has 8 nitrogen and oxygen atoms in total. The first-order valence-electron chi connectivity index (χ1n) is 42.5. The van der Waals surface area contributed by atoms with E-state index in [9.17, 15) is 0 Å². The van der Waals surface area contributed by atoms with E-state index in [1.54, 1.807) is 0 Å². The van der Waals surface area contributed by atoms with Crippen LogP contribution in [0, 0.1) is 0 Å². The molecule has 0 aliphatic rings. The largest absolute Gasteiger partial charge is 0.309 e. The lowest BCUT2D eigenvalue weighted by molar-refractivity contribution is 1.16. The van der Waals surface area contributed by atoms with Crippen LogP contribution in [0.25, 0.3) is 243 Å². The number of nitrogens with zero attached hydrogens (tertiary/aromatic N) is 8. The van der Waals surface area contributed by atoms with Crippen LogP contribution in [-0.2, 0) is 0 Å². The fraction of sp³-hybridized carbons (Fsp3) is 0. The summed E-state index contributed by atoms with van der Waals surface area (Å²) in [6, 6.07) is 160. The first kappa shape index (κ1) is 69.3. The second kappa shape index (κ2) is 27.4. The minimum Gasteiger partial charge on any atom is -0.309 e. The Morgan fingerprint density at radius 3 is 0.726 bits per heavy atom. The van der Waals surface area contributed by atoms with Crippen LogP contribution in [0.1, 0.15) is 0 Å². The molecular formula is C116H72N8. The summed E-state index contributed by atoms with van der Waals surface area (Å²) in [7, 11) is 0. The number of para-hydroxylation sites is 8. The van der Waals surface area contributed by atoms with Crippen molar-refractivity contribution in [3.8, 4) is 101 Å². The van der Waals surface area contributed by atoms with Gasteiger partial charge in [-0.1, -0.05) is 243 Å². The molecular weight excluding hydrogens is 1510 g/mol. The number of benzene rings is 19. The molecule has 124 heavy (non-hydrogen) atoms. The molecule has 0 fully saturated rings. The van der Waals surface area contributed by atoms with Crippen molar-refractivity contribution in [2.45, 2.75) is 0 Å². The van der Waals surface area contributed by atoms with E-state index < -0.39 is 0 Å². The van der Waals surface area contributed by atoms with E-state index in [4.69, 9.17) is 9.97 Å². The molecule has 19 aromatic carbocycles. The standard InChI is InChI=1S/C116H72N8/c1-5-24-74(25-6-1)115-101-72-88(124-113-62-51-80(77-48-59-109-95(67-77)92-37-16-21-42-106(92)120(109)84-29-9-3-10-30-84)70-99(113)100-71-81(52-63-114(100)124)78-49-60-110-96(68-78)93-38-17-22-43-107(93)121(110)85-31-11-4-12-32-85)55-56-102(101)117-116(118-115)82-26-23-33-87(64-82)123-111-57-46-75(73-44-53-86(54-45-73)122-103-39-18-13-34-89(103)90-35-14-19-40-104(90)122)65-97(111)98-69-79(50-61-112(98)123)76-47-58-108-94(66-76)91-36-15-20-41-105(91)119(108)83-27-7-2-8-28-83/h1-72H. The van der Waals surface area contributed by atoms with Crippen molar-refractivity contribution in [1.29, 1.82) is 0 Å². The molecule has 0 amide bonds. The third kappa shape index (κ3) is 10.8. The topological polar surface area (TPSA) is 55.4 Å². The van der Waals surface area contributed by atoms with E-state index in [0.29, 0.717) is 5.82 Å². The van der Waals surface area contributed by atoms with Crippen molar-refractivity contribution in [1.82, 2.24) is 37.4 Å². The molecule has 7 heterocycles. The van der Waals surface area contributed by atoms with Crippen LogP contribution in [0.15, 0.2) is 437 Å². The van der Waals surface area contributed by atoms with Crippen molar-refractivity contribution in [2.75, 3.05) is 0 Å². The van der Waals surface area contributed by atoms with Crippen molar-refractivity contribution in [2.24, 2.45) is 0 Å². The predicted molar refractivity (Wildman–Crippen MR) is 518 cm³/mol. The normalized spacial score (nSPS) is 12.0. The molecule has 0 bridgehead atoms. The number of fused-ring (bicyclic) bond motifs is 19. The molecule has 0 aliphatic carbocycles. The van der Waals surface area contributed by atoms with Gasteiger partial charge in [-0.3, -0.25) is 0 Å². The van der Waals surface area contributed by atoms with Crippen molar-refractivity contribution in [3.05, 3.63) is 437 Å². The lowest BCUT2D eigenvalue weighted by Gasteiger charge is -2.14. The van der Waals surface area contributed by atoms with Gasteiger partial charge in [0.25, 0.3) is 0 Å². The Kier molecular flexibility index (Phi) is 15.3. The summed E-state index contributed by atoms with van der Waals surface area (Å²) in [4.78, 5) is 11.3. The maximum Gasteiger partial charge on any atom is 0.160 e. The predicted octanol–water partition coefficient (Wildman–Crippen LogP) is 30.2. The van der Waals surface area contributed by atoms with Crippen LogP contribution < -0.4 is 0 Å². The molecule has 0 N–H and O–H groups in total. The van der Waals surface area contributed by atoms with Crippen LogP contribution in [0.5, 0.6) is 0 Å². The summed E-state index contributed by atoms with van der Waals surface area (Å²) in [6.07, 6.45) is 0. The van der Waals surface area contributed by atoms with E-state index >= 15 is 0 Å². The average molecular weight is 1580 g/mol. The number of aromatic nitrogens is 8. The van der Waals surface area contributed by atoms with Gasteiger partial charge in [0.05, 0.1) is 77.4 Å². The molecule has 0 saturated heterocycles. The Labute approximate surface area is 712 Å². The highest BCUT2D eigenvalue weighted by Gasteiger charge is 2.25. The van der Waals surface area contributed by atoms with E-state index in [0.717, 1.165) is 150 Å². The third-order valence-electron chi connectivity index (χ3n) is 26.0. The van der Waals surface area contributed by atoms with E-state index in [-0.39, 0.29) is 0 Å². The average Bonchev–Trinajstić information content (AvgIpc) is 1.57. The smallest absolute Gasteiger partial charge is 0.160 e. The minimum absolute atomic E-state index is 0.641. The summed E-state index contributed by atoms with van der Waals surface area (Å²) in [5, 5.41) is 15.4. The Morgan fingerprint density at radius 2 is 0.371 bits per heavy atom. The molecule has 0 unspecified atom stereocenters. The first-order chi connectivity index (χ1) is 61.5. The fourth-order valence-electron chi connectivity index (χ4n) is 20.3. The van der Waals surface area contributed by atoms with Crippen molar-refractivity contribution >= 4 is 142 Å². The summed E-state index contributed by atoms with van der Waals surface area (Å²) >= 11 is 0. The van der Waals surface area contributed by atoms with E-state index in [1.807, 2.05) is 0 Å². The zero-order valence-electron chi connectivity index (χ0n) is 67.1. The molecule has 0 atom stereocenters. The molecule has 0 radical (unpaired) electrons. The quantitative estimate of drug-likeness (QED) is 0.122. The molecule has 576 valence electrons. The zero-order valence-corrected chi connectivity index (χ0v) is 67.1. The minimum atomic E-state index is 0.641. The van der Waals surface area contributed by atoms with Gasteiger partial charge in [-0.25, -0.2) is 9.97 Å². The second-order valence-corrected chi connectivity index (χ2v) is 32.8. The SMILES string of the molecule is c1ccc(-c2nc(-c3cccc(-n4c5ccc(-c6ccc(-n7c8ccccc8c8ccccc87)cc6)cc5c5cc(-c6ccc7c(c6)c6ccccc6n7-c6ccccc6)ccc54)c3)nc3ccc(-n4c5ccc(-c6ccc7c(c6)c6ccccc6n7-c6ccccc6)cc5c5cc(-c6ccc7c(c6)c6ccccc6n7-c6ccccc6)ccc54)cc23)cc1. The molecule has 7 aromatic heterocycles. The van der Waals surface area contributed by atoms with E-state index in [1.165, 1.54) is 87.2 Å². The summed E-state index contributed by atoms with van der Waals surface area (Å²) in [6.45, 7) is 0. The highest BCUT2D eigenvalue weighted by atomic mass is 15.0. The highest BCUT2D eigenvalue weighted by Crippen LogP contribution is 2.46. The lowest BCUT2D eigenvalue weighted by Crippen LogP contribution is -1.99. The van der Waals surface area contributed by atoms with Gasteiger partial charge in [0.2, 0.25) is 0 Å². The van der Waals surface area contributed by atoms with Gasteiger partial charge in [-0.05, 0) is 239 Å². The second-order valence-electron chi connectivity index (χ2n) is 32.8. The van der Waals surface area contributed by atoms with Crippen LogP contribution in [-0.4, -0.2) is 37.4 Å². The van der Waals surface area contributed by atoms with Crippen LogP contribution in [0.4, 0.5) is 0 Å². The van der Waals surface area contributed by atoms with Crippen LogP contribution >= 0.6 is 0 Å². The fourth-order valence-corrected chi connectivity index (χ4v) is 20.3. The molecule has 0 aliphatic heterocycles. The Bertz CT molecular complexity index is 8640. The molecule has 8 heteroatoms. The number of hydrogen-bond acceptors (Lipinski definition) is 2. The van der Waals surface area contributed by atoms with Crippen LogP contribution in [0.3, 0.4) is 0 Å². The van der Waals surface area contributed by atoms with Gasteiger partial charge in [0.15, 0.2) is 5.82 Å². The first-order valence-corrected chi connectivity index (χ1v) is 42.5. The Hall–Kier alpha value is -16.7. The highest BCUT2D eigenvalue weighted by molar-refractivity contribution is 6.18. The van der Waals surface area contributed by atoms with Gasteiger partial charge in [0.1, 0.15) is 0 Å². The molecule has 0 saturated carbocycles. The maximum absolute atomic E-state index is 5.71. The third-order valence-corrected chi connectivity index (χ3v) is 26.0. The number of hydrogen-bond donors (Lipinski definition) is 0. The van der Waals surface area contributed by atoms with E-state index in [2.05, 4.69) is 464 Å². The molecule has 0 spiro atoms. The summed E-state index contributed by atoms with van der Waals surface area (Å²) in [5.41, 5.74) is 33.2. The van der Waals surface area contributed by atoms with Gasteiger partial charge in [0, 0.05) is 115 Å². The number of rotatable bonds is 12. The lowest BCUT2D eigenvalue weighted by atomic mass is 9.98. The summed E-state index contributed by atoms with van der Waals surface area (Å²) in [5.74, 6) is 0.641. The van der Waals surface area contributed by atoms with Gasteiger partial charge in [-0.15, -0.1) is 0 Å². The van der Waals surface area contributed by atoms with Gasteiger partial charge >= 0.3 is 0 Å². The van der Waals surface area contributed by atoms with Gasteiger partial charge < -0.3 is 27.4 Å². The van der Waals surface area contributed by atoms with Crippen molar-refractivity contribution < 1.29 is 0 Å². The summed E-state index contributed by atoms with van der Waals surface area (Å²) < 4.78 is 14.4.